The molecule has 0 nitrogen and oxygen atoms in total. The maximum absolute atomic E-state index is 0. The molecule has 0 saturated heterocycles. The molecule has 0 bridgehead atoms. The smallest absolute Gasteiger partial charge is 1.00 e. The second-order valence-corrected chi connectivity index (χ2v) is 0. The van der Waals surface area contributed by atoms with Gasteiger partial charge >= 0.3 is 86.6 Å². The third-order valence-electron chi connectivity index (χ3n) is 0. The molecule has 0 fully saturated rings. The van der Waals surface area contributed by atoms with Crippen LogP contribution in [0.15, 0.2) is 0 Å². The number of hydrogen-bond donors (Lipinski definition) is 0. The van der Waals surface area contributed by atoms with Gasteiger partial charge in [0.05, 0.1) is 0 Å². The van der Waals surface area contributed by atoms with Crippen LogP contribution >= 0.6 is 0 Å². The van der Waals surface area contributed by atoms with E-state index in [1.807, 2.05) is 0 Å². The zero-order valence-electron chi connectivity index (χ0n) is 5.77. The molecule has 0 radical (unpaired) electrons. The van der Waals surface area contributed by atoms with Crippen molar-refractivity contribution in [2.75, 3.05) is 0 Å². The Balaban J connectivity index is 0. The summed E-state index contributed by atoms with van der Waals surface area (Å²) in [4.78, 5) is 0. The maximum Gasteiger partial charge on any atom is 2.00 e. The van der Waals surface area contributed by atoms with Gasteiger partial charge in [-0.05, 0) is 11.0 Å². The first kappa shape index (κ1) is 25.6. The molecule has 4 heteroatoms. The van der Waals surface area contributed by atoms with Crippen molar-refractivity contribution in [1.29, 1.82) is 0 Å². The minimum absolute atomic E-state index is 0. The fraction of sp³-hybridized carbons (Fsp3) is 0. The largest absolute Gasteiger partial charge is 2.00 e. The average Bonchev–Trinajstić information content (AvgIpc) is 0. The van der Waals surface area contributed by atoms with Crippen LogP contribution in [0.2, 0.25) is 0 Å². The van der Waals surface area contributed by atoms with Crippen LogP contribution in [0.3, 0.4) is 0 Å². The van der Waals surface area contributed by atoms with Crippen molar-refractivity contribution in [3.8, 4) is 0 Å². The summed E-state index contributed by atoms with van der Waals surface area (Å²) in [6.45, 7) is 0. The molecular formula is H8BaCaFeSi. The number of rotatable bonds is 0. The quantitative estimate of drug-likeness (QED) is 0.457. The second kappa shape index (κ2) is 16.0. The third-order valence-corrected chi connectivity index (χ3v) is 0. The van der Waals surface area contributed by atoms with Crippen LogP contribution < -0.4 is 0 Å². The summed E-state index contributed by atoms with van der Waals surface area (Å²) in [5.74, 6) is 0. The summed E-state index contributed by atoms with van der Waals surface area (Å²) < 4.78 is 0. The standard InChI is InChI=1S/Ba.Ca.Fe.H4Si.4H/h;;;1H4;;;;/q2*+2;;;4*-1. The van der Waals surface area contributed by atoms with Gasteiger partial charge in [0.15, 0.2) is 0 Å². The van der Waals surface area contributed by atoms with Crippen LogP contribution in [0.4, 0.5) is 0 Å². The van der Waals surface area contributed by atoms with Gasteiger partial charge in [-0.3, -0.25) is 0 Å². The van der Waals surface area contributed by atoms with Gasteiger partial charge in [-0.25, -0.2) is 0 Å². The van der Waals surface area contributed by atoms with Gasteiger partial charge in [0, 0.05) is 17.1 Å². The van der Waals surface area contributed by atoms with Crippen LogP contribution in [0.5, 0.6) is 0 Å². The first-order valence-corrected chi connectivity index (χ1v) is 0. The van der Waals surface area contributed by atoms with E-state index in [2.05, 4.69) is 0 Å². The molecule has 0 aromatic carbocycles. The van der Waals surface area contributed by atoms with E-state index in [0.717, 1.165) is 0 Å². The summed E-state index contributed by atoms with van der Waals surface area (Å²) >= 11 is 0. The topological polar surface area (TPSA) is 0 Å². The fourth-order valence-corrected chi connectivity index (χ4v) is 0. The predicted octanol–water partition coefficient (Wildman–Crippen LogP) is -1.77. The van der Waals surface area contributed by atoms with Crippen molar-refractivity contribution in [2.24, 2.45) is 0 Å². The molecule has 4 heavy (non-hydrogen) atoms. The summed E-state index contributed by atoms with van der Waals surface area (Å²) in [6, 6.07) is 0. The van der Waals surface area contributed by atoms with Gasteiger partial charge in [0.1, 0.15) is 0 Å². The van der Waals surface area contributed by atoms with E-state index in [-0.39, 0.29) is 120 Å². The summed E-state index contributed by atoms with van der Waals surface area (Å²) in [5, 5.41) is 0. The van der Waals surface area contributed by atoms with Crippen LogP contribution in [0.1, 0.15) is 5.71 Å². The van der Waals surface area contributed by atoms with Crippen LogP contribution in [0.25, 0.3) is 0 Å². The Morgan fingerprint density at radius 3 is 1.25 bits per heavy atom. The molecular weight excluding hydrogens is 261 g/mol. The molecule has 0 N–H and O–H groups in total. The fourth-order valence-electron chi connectivity index (χ4n) is 0. The van der Waals surface area contributed by atoms with E-state index in [1.54, 1.807) is 0 Å². The Kier molecular flexibility index (Phi) is 103. The van der Waals surface area contributed by atoms with Gasteiger partial charge in [-0.1, -0.05) is 0 Å². The second-order valence-electron chi connectivity index (χ2n) is 0. The predicted molar refractivity (Wildman–Crippen MR) is 27.3 cm³/mol. The van der Waals surface area contributed by atoms with Crippen LogP contribution in [0, 0.1) is 0 Å². The normalized spacial score (nSPS) is 0. The SMILES string of the molecule is [Ba+2].[Ca+2].[Fe].[H-].[H-].[H-].[H-].[SiH4]. The molecule has 0 rings (SSSR count). The molecule has 0 atom stereocenters. The molecule has 0 amide bonds. The molecule has 0 saturated carbocycles. The van der Waals surface area contributed by atoms with Crippen molar-refractivity contribution < 1.29 is 22.8 Å². The Morgan fingerprint density at radius 2 is 1.25 bits per heavy atom. The summed E-state index contributed by atoms with van der Waals surface area (Å²) in [5.41, 5.74) is 0. The van der Waals surface area contributed by atoms with Gasteiger partial charge in [0.25, 0.3) is 0 Å². The first-order chi connectivity index (χ1) is 0. The number of hydrogen-bond acceptors (Lipinski definition) is 0. The third kappa shape index (κ3) is 9.13. The first-order valence-electron chi connectivity index (χ1n) is 0. The van der Waals surface area contributed by atoms with E-state index in [9.17, 15) is 0 Å². The van der Waals surface area contributed by atoms with E-state index >= 15 is 0 Å². The van der Waals surface area contributed by atoms with Crippen molar-refractivity contribution in [2.45, 2.75) is 0 Å². The molecule has 0 aliphatic carbocycles. The molecule has 0 unspecified atom stereocenters. The van der Waals surface area contributed by atoms with Crippen LogP contribution in [-0.2, 0) is 17.1 Å². The molecule has 24 valence electrons. The molecule has 0 aromatic heterocycles. The van der Waals surface area contributed by atoms with Crippen molar-refractivity contribution in [3.63, 3.8) is 0 Å². The van der Waals surface area contributed by atoms with Gasteiger partial charge < -0.3 is 5.71 Å². The molecule has 0 spiro atoms. The Hall–Kier alpha value is 3.57. The maximum atomic E-state index is 0. The molecule has 0 aliphatic rings. The van der Waals surface area contributed by atoms with E-state index in [0.29, 0.717) is 0 Å². The van der Waals surface area contributed by atoms with Crippen molar-refractivity contribution in [1.82, 2.24) is 0 Å². The van der Waals surface area contributed by atoms with Gasteiger partial charge in [-0.2, -0.15) is 0 Å². The van der Waals surface area contributed by atoms with Gasteiger partial charge in [-0.15, -0.1) is 0 Å². The zero-order valence-corrected chi connectivity index (χ0v) is 9.52. The Bertz CT molecular complexity index is 16.0. The Labute approximate surface area is 117 Å². The van der Waals surface area contributed by atoms with Crippen molar-refractivity contribution >= 4 is 97.6 Å². The van der Waals surface area contributed by atoms with Gasteiger partial charge in [0.2, 0.25) is 0 Å². The molecule has 0 aliphatic heterocycles. The summed E-state index contributed by atoms with van der Waals surface area (Å²) in [6.07, 6.45) is 0. The van der Waals surface area contributed by atoms with Crippen LogP contribution in [-0.4, -0.2) is 97.6 Å². The minimum Gasteiger partial charge on any atom is -1.00 e. The van der Waals surface area contributed by atoms with E-state index in [1.165, 1.54) is 0 Å². The van der Waals surface area contributed by atoms with Crippen molar-refractivity contribution in [3.05, 3.63) is 0 Å². The molecule has 0 heterocycles. The minimum atomic E-state index is 0. The average molecular weight is 269 g/mol. The van der Waals surface area contributed by atoms with E-state index in [4.69, 9.17) is 0 Å². The molecule has 0 aromatic rings. The Morgan fingerprint density at radius 1 is 1.25 bits per heavy atom. The summed E-state index contributed by atoms with van der Waals surface area (Å²) in [7, 11) is 0. The van der Waals surface area contributed by atoms with E-state index < -0.39 is 0 Å². The zero-order chi connectivity index (χ0) is 0. The monoisotopic (exact) mass is 270 g/mol.